The number of hydrogen-bond donors (Lipinski definition) is 0. The Labute approximate surface area is 230 Å². The molecule has 0 fully saturated rings. The highest BCUT2D eigenvalue weighted by atomic mass is 19.3. The summed E-state index contributed by atoms with van der Waals surface area (Å²) >= 11 is 0. The maximum Gasteiger partial charge on any atom is 0.429 e. The van der Waals surface area contributed by atoms with E-state index in [4.69, 9.17) is 4.74 Å². The number of unbranched alkanes of at least 4 members (excludes halogenated alkanes) is 1. The number of alkyl halides is 2. The maximum absolute atomic E-state index is 14.8. The van der Waals surface area contributed by atoms with Crippen molar-refractivity contribution in [2.45, 2.75) is 25.9 Å². The van der Waals surface area contributed by atoms with Crippen molar-refractivity contribution in [3.8, 4) is 34.5 Å². The van der Waals surface area contributed by atoms with E-state index in [0.717, 1.165) is 31.0 Å². The van der Waals surface area contributed by atoms with Crippen molar-refractivity contribution in [1.82, 2.24) is 0 Å². The average molecular weight is 576 g/mol. The zero-order valence-corrected chi connectivity index (χ0v) is 21.3. The molecule has 0 aliphatic carbocycles. The summed E-state index contributed by atoms with van der Waals surface area (Å²) in [6.07, 6.45) is -2.47. The summed E-state index contributed by atoms with van der Waals surface area (Å²) in [5.74, 6) is -4.67. The Morgan fingerprint density at radius 1 is 0.659 bits per heavy atom. The molecule has 0 unspecified atom stereocenters. The van der Waals surface area contributed by atoms with Crippen molar-refractivity contribution in [3.05, 3.63) is 118 Å². The van der Waals surface area contributed by atoms with E-state index in [1.165, 1.54) is 0 Å². The van der Waals surface area contributed by atoms with Crippen LogP contribution >= 0.6 is 0 Å². The first-order valence-electron chi connectivity index (χ1n) is 12.2. The van der Waals surface area contributed by atoms with E-state index in [9.17, 15) is 35.1 Å². The van der Waals surface area contributed by atoms with Gasteiger partial charge in [-0.2, -0.15) is 8.78 Å². The molecule has 0 N–H and O–H groups in total. The van der Waals surface area contributed by atoms with Crippen LogP contribution in [-0.2, 0) is 6.11 Å². The molecule has 0 saturated carbocycles. The van der Waals surface area contributed by atoms with Crippen molar-refractivity contribution in [2.75, 3.05) is 6.61 Å². The molecule has 0 aliphatic rings. The summed E-state index contributed by atoms with van der Waals surface area (Å²) in [4.78, 5) is 0. The van der Waals surface area contributed by atoms with Gasteiger partial charge in [-0.15, -0.1) is 0 Å². The lowest BCUT2D eigenvalue weighted by atomic mass is 10.0. The minimum atomic E-state index is -4.38. The molecular weight excluding hydrogens is 556 g/mol. The van der Waals surface area contributed by atoms with Crippen LogP contribution in [-0.4, -0.2) is 6.61 Å². The summed E-state index contributed by atoms with van der Waals surface area (Å²) < 4.78 is 124. The second-order valence-electron chi connectivity index (χ2n) is 8.81. The molecule has 212 valence electrons. The zero-order valence-electron chi connectivity index (χ0n) is 21.3. The fourth-order valence-electron chi connectivity index (χ4n) is 3.73. The number of hydrogen-bond acceptors (Lipinski definition) is 2. The molecule has 0 spiro atoms. The van der Waals surface area contributed by atoms with Crippen LogP contribution in [0.25, 0.3) is 11.1 Å². The van der Waals surface area contributed by atoms with Gasteiger partial charge in [-0.05, 0) is 66.6 Å². The Morgan fingerprint density at radius 2 is 1.24 bits per heavy atom. The van der Waals surface area contributed by atoms with Gasteiger partial charge in [0.05, 0.1) is 12.2 Å². The SMILES string of the molecule is CCCCOc1ccc(C#Cc2ccc(C(F)(F)Oc3cc(F)c(-c4cc(F)c(F)c(F)c4)c(F)c3)c(F)c2)cc1. The normalized spacial score (nSPS) is 11.1. The highest BCUT2D eigenvalue weighted by Gasteiger charge is 2.38. The minimum Gasteiger partial charge on any atom is -0.494 e. The van der Waals surface area contributed by atoms with Crippen LogP contribution in [0.2, 0.25) is 0 Å². The Hall–Kier alpha value is -4.52. The third kappa shape index (κ3) is 6.98. The molecule has 0 aliphatic heterocycles. The van der Waals surface area contributed by atoms with Gasteiger partial charge in [0.1, 0.15) is 34.5 Å². The summed E-state index contributed by atoms with van der Waals surface area (Å²) in [5, 5.41) is 0. The fourth-order valence-corrected chi connectivity index (χ4v) is 3.73. The first-order chi connectivity index (χ1) is 19.5. The number of halogens is 8. The maximum atomic E-state index is 14.8. The Morgan fingerprint density at radius 3 is 1.83 bits per heavy atom. The predicted octanol–water partition coefficient (Wildman–Crippen LogP) is 8.90. The third-order valence-corrected chi connectivity index (χ3v) is 5.79. The standard InChI is InChI=1S/C31H20F8O2/c1-2-3-12-40-21-9-6-18(7-10-21)4-5-19-8-11-23(24(32)13-19)31(38,39)41-22-16-25(33)29(26(34)17-22)20-14-27(35)30(37)28(36)15-20/h6-11,13-17H,2-3,12H2,1H3. The Bertz CT molecular complexity index is 1580. The minimum absolute atomic E-state index is 0.0746. The van der Waals surface area contributed by atoms with Crippen molar-refractivity contribution < 1.29 is 44.6 Å². The van der Waals surface area contributed by atoms with Gasteiger partial charge >= 0.3 is 6.11 Å². The van der Waals surface area contributed by atoms with Crippen molar-refractivity contribution in [2.24, 2.45) is 0 Å². The molecule has 0 atom stereocenters. The van der Waals surface area contributed by atoms with Gasteiger partial charge < -0.3 is 9.47 Å². The molecule has 0 bridgehead atoms. The van der Waals surface area contributed by atoms with E-state index < -0.39 is 63.5 Å². The average Bonchev–Trinajstić information content (AvgIpc) is 2.90. The molecule has 41 heavy (non-hydrogen) atoms. The second-order valence-corrected chi connectivity index (χ2v) is 8.81. The molecule has 0 radical (unpaired) electrons. The summed E-state index contributed by atoms with van der Waals surface area (Å²) in [6.45, 7) is 2.62. The number of rotatable bonds is 8. The molecule has 0 amide bonds. The second kappa shape index (κ2) is 12.3. The summed E-state index contributed by atoms with van der Waals surface area (Å²) in [6, 6.07) is 10.7. The van der Waals surface area contributed by atoms with E-state index in [0.29, 0.717) is 42.2 Å². The molecule has 0 aromatic heterocycles. The van der Waals surface area contributed by atoms with Gasteiger partial charge in [-0.1, -0.05) is 25.2 Å². The Kier molecular flexibility index (Phi) is 8.86. The molecular formula is C31H20F8O2. The van der Waals surface area contributed by atoms with Crippen LogP contribution in [0.1, 0.15) is 36.5 Å². The van der Waals surface area contributed by atoms with E-state index in [-0.39, 0.29) is 5.56 Å². The van der Waals surface area contributed by atoms with E-state index in [1.807, 2.05) is 6.92 Å². The van der Waals surface area contributed by atoms with Crippen LogP contribution in [0.4, 0.5) is 35.1 Å². The molecule has 0 saturated heterocycles. The topological polar surface area (TPSA) is 18.5 Å². The van der Waals surface area contributed by atoms with Crippen molar-refractivity contribution in [3.63, 3.8) is 0 Å². The van der Waals surface area contributed by atoms with Gasteiger partial charge in [0.25, 0.3) is 0 Å². The van der Waals surface area contributed by atoms with E-state index in [2.05, 4.69) is 16.6 Å². The molecule has 2 nitrogen and oxygen atoms in total. The molecule has 10 heteroatoms. The van der Waals surface area contributed by atoms with E-state index >= 15 is 0 Å². The van der Waals surface area contributed by atoms with Gasteiger partial charge in [0, 0.05) is 23.3 Å². The fraction of sp³-hybridized carbons (Fsp3) is 0.161. The van der Waals surface area contributed by atoms with Crippen LogP contribution in [0.5, 0.6) is 11.5 Å². The molecule has 4 aromatic carbocycles. The molecule has 4 aromatic rings. The zero-order chi connectivity index (χ0) is 29.7. The van der Waals surface area contributed by atoms with Crippen molar-refractivity contribution >= 4 is 0 Å². The van der Waals surface area contributed by atoms with Crippen molar-refractivity contribution in [1.29, 1.82) is 0 Å². The largest absolute Gasteiger partial charge is 0.494 e. The van der Waals surface area contributed by atoms with Crippen LogP contribution in [0, 0.1) is 46.7 Å². The van der Waals surface area contributed by atoms with Gasteiger partial charge in [-0.25, -0.2) is 26.3 Å². The quantitative estimate of drug-likeness (QED) is 0.0903. The highest BCUT2D eigenvalue weighted by Crippen LogP contribution is 2.37. The summed E-state index contributed by atoms with van der Waals surface area (Å²) in [7, 11) is 0. The Balaban J connectivity index is 1.51. The summed E-state index contributed by atoms with van der Waals surface area (Å²) in [5.41, 5.74) is -2.31. The lowest BCUT2D eigenvalue weighted by Crippen LogP contribution is -2.23. The first kappa shape index (κ1) is 29.5. The molecule has 0 heterocycles. The number of benzene rings is 4. The van der Waals surface area contributed by atoms with Gasteiger partial charge in [0.15, 0.2) is 17.5 Å². The van der Waals surface area contributed by atoms with Gasteiger partial charge in [-0.3, -0.25) is 0 Å². The first-order valence-corrected chi connectivity index (χ1v) is 12.2. The lowest BCUT2D eigenvalue weighted by molar-refractivity contribution is -0.187. The van der Waals surface area contributed by atoms with Crippen LogP contribution in [0.15, 0.2) is 66.7 Å². The molecule has 4 rings (SSSR count). The van der Waals surface area contributed by atoms with Crippen LogP contribution < -0.4 is 9.47 Å². The number of ether oxygens (including phenoxy) is 2. The predicted molar refractivity (Wildman–Crippen MR) is 135 cm³/mol. The van der Waals surface area contributed by atoms with Gasteiger partial charge in [0.2, 0.25) is 0 Å². The van der Waals surface area contributed by atoms with Crippen LogP contribution in [0.3, 0.4) is 0 Å². The lowest BCUT2D eigenvalue weighted by Gasteiger charge is -2.19. The smallest absolute Gasteiger partial charge is 0.429 e. The monoisotopic (exact) mass is 576 g/mol. The highest BCUT2D eigenvalue weighted by molar-refractivity contribution is 5.66. The third-order valence-electron chi connectivity index (χ3n) is 5.79. The van der Waals surface area contributed by atoms with E-state index in [1.54, 1.807) is 24.3 Å².